The number of rotatable bonds is 5. The summed E-state index contributed by atoms with van der Waals surface area (Å²) >= 11 is 0. The van der Waals surface area contributed by atoms with E-state index in [9.17, 15) is 13.6 Å². The van der Waals surface area contributed by atoms with Crippen LogP contribution >= 0.6 is 0 Å². The molecule has 0 unspecified atom stereocenters. The molecule has 0 aromatic heterocycles. The lowest BCUT2D eigenvalue weighted by Crippen LogP contribution is -2.40. The van der Waals surface area contributed by atoms with Gasteiger partial charge in [-0.2, -0.15) is 8.78 Å². The predicted octanol–water partition coefficient (Wildman–Crippen LogP) is 2.75. The van der Waals surface area contributed by atoms with E-state index in [1.807, 2.05) is 0 Å². The molecule has 1 aromatic carbocycles. The average molecular weight is 284 g/mol. The van der Waals surface area contributed by atoms with Gasteiger partial charge in [0.1, 0.15) is 5.75 Å². The normalized spacial score (nSPS) is 17.2. The minimum atomic E-state index is -2.88. The Kier molecular flexibility index (Phi) is 4.54. The van der Waals surface area contributed by atoms with Crippen molar-refractivity contribution < 1.29 is 18.3 Å². The van der Waals surface area contributed by atoms with E-state index in [0.717, 1.165) is 25.7 Å². The van der Waals surface area contributed by atoms with E-state index in [0.29, 0.717) is 12.2 Å². The molecule has 3 N–H and O–H groups in total. The number of ether oxygens (including phenoxy) is 1. The van der Waals surface area contributed by atoms with Crippen LogP contribution in [0.5, 0.6) is 5.75 Å². The number of nitrogens with one attached hydrogen (secondary N) is 1. The Morgan fingerprint density at radius 1 is 1.40 bits per heavy atom. The Bertz CT molecular complexity index is 474. The molecule has 1 aromatic rings. The van der Waals surface area contributed by atoms with Crippen molar-refractivity contribution in [1.82, 2.24) is 0 Å². The molecule has 1 amide bonds. The molecule has 0 radical (unpaired) electrons. The number of carbonyl (C=O) groups is 1. The highest BCUT2D eigenvalue weighted by Gasteiger charge is 2.39. The van der Waals surface area contributed by atoms with Crippen molar-refractivity contribution in [2.45, 2.75) is 32.3 Å². The SMILES string of the molecule is NCC1(C(=O)Nc2cccc(OC(F)F)c2)CCCC1. The van der Waals surface area contributed by atoms with Crippen LogP contribution in [0.15, 0.2) is 24.3 Å². The Morgan fingerprint density at radius 3 is 2.70 bits per heavy atom. The number of carbonyl (C=O) groups excluding carboxylic acids is 1. The van der Waals surface area contributed by atoms with Crippen molar-refractivity contribution in [2.75, 3.05) is 11.9 Å². The second kappa shape index (κ2) is 6.17. The molecular formula is C14H18F2N2O2. The van der Waals surface area contributed by atoms with Crippen LogP contribution in [0.1, 0.15) is 25.7 Å². The summed E-state index contributed by atoms with van der Waals surface area (Å²) in [4.78, 5) is 12.3. The summed E-state index contributed by atoms with van der Waals surface area (Å²) in [5.41, 5.74) is 5.64. The van der Waals surface area contributed by atoms with Crippen LogP contribution < -0.4 is 15.8 Å². The number of hydrogen-bond acceptors (Lipinski definition) is 3. The molecule has 0 spiro atoms. The molecule has 110 valence electrons. The summed E-state index contributed by atoms with van der Waals surface area (Å²) in [5.74, 6) is -0.127. The third-order valence-corrected chi connectivity index (χ3v) is 3.75. The Balaban J connectivity index is 2.07. The van der Waals surface area contributed by atoms with Crippen molar-refractivity contribution in [3.8, 4) is 5.75 Å². The van der Waals surface area contributed by atoms with Gasteiger partial charge >= 0.3 is 6.61 Å². The third kappa shape index (κ3) is 3.25. The van der Waals surface area contributed by atoms with Crippen molar-refractivity contribution in [3.05, 3.63) is 24.3 Å². The molecule has 1 aliphatic carbocycles. The minimum Gasteiger partial charge on any atom is -0.435 e. The second-order valence-corrected chi connectivity index (χ2v) is 5.05. The summed E-state index contributed by atoms with van der Waals surface area (Å²) in [6.45, 7) is -2.59. The van der Waals surface area contributed by atoms with Gasteiger partial charge in [-0.25, -0.2) is 0 Å². The summed E-state index contributed by atoms with van der Waals surface area (Å²) < 4.78 is 28.6. The number of hydrogen-bond donors (Lipinski definition) is 2. The first-order valence-corrected chi connectivity index (χ1v) is 6.62. The lowest BCUT2D eigenvalue weighted by Gasteiger charge is -2.25. The topological polar surface area (TPSA) is 64.4 Å². The van der Waals surface area contributed by atoms with Crippen molar-refractivity contribution in [3.63, 3.8) is 0 Å². The minimum absolute atomic E-state index is 0.0195. The van der Waals surface area contributed by atoms with Gasteiger partial charge in [0.25, 0.3) is 0 Å². The summed E-state index contributed by atoms with van der Waals surface area (Å²) in [6.07, 6.45) is 3.50. The first-order chi connectivity index (χ1) is 9.55. The first-order valence-electron chi connectivity index (χ1n) is 6.62. The standard InChI is InChI=1S/C14H18F2N2O2/c15-13(16)20-11-5-3-4-10(8-11)18-12(19)14(9-17)6-1-2-7-14/h3-5,8,13H,1-2,6-7,9,17H2,(H,18,19). The molecule has 6 heteroatoms. The van der Waals surface area contributed by atoms with Gasteiger partial charge in [0.05, 0.1) is 5.41 Å². The van der Waals surface area contributed by atoms with Gasteiger partial charge in [-0.05, 0) is 25.0 Å². The number of halogens is 2. The number of benzene rings is 1. The van der Waals surface area contributed by atoms with Gasteiger partial charge in [0.2, 0.25) is 5.91 Å². The van der Waals surface area contributed by atoms with Gasteiger partial charge in [-0.3, -0.25) is 4.79 Å². The summed E-state index contributed by atoms with van der Waals surface area (Å²) in [7, 11) is 0. The molecule has 2 rings (SSSR count). The maximum atomic E-state index is 12.3. The quantitative estimate of drug-likeness (QED) is 0.873. The smallest absolute Gasteiger partial charge is 0.387 e. The average Bonchev–Trinajstić information content (AvgIpc) is 2.88. The summed E-state index contributed by atoms with van der Waals surface area (Å²) in [5, 5.41) is 2.75. The van der Waals surface area contributed by atoms with Crippen LogP contribution in [0.3, 0.4) is 0 Å². The molecule has 0 saturated heterocycles. The molecule has 1 fully saturated rings. The van der Waals surface area contributed by atoms with Crippen LogP contribution in [0, 0.1) is 5.41 Å². The van der Waals surface area contributed by atoms with Crippen molar-refractivity contribution in [2.24, 2.45) is 11.1 Å². The lowest BCUT2D eigenvalue weighted by atomic mass is 9.85. The van der Waals surface area contributed by atoms with Gasteiger partial charge in [-0.15, -0.1) is 0 Å². The van der Waals surface area contributed by atoms with Crippen LogP contribution in [-0.4, -0.2) is 19.1 Å². The monoisotopic (exact) mass is 284 g/mol. The van der Waals surface area contributed by atoms with Gasteiger partial charge in [-0.1, -0.05) is 18.9 Å². The number of anilines is 1. The maximum Gasteiger partial charge on any atom is 0.387 e. The van der Waals surface area contributed by atoms with Gasteiger partial charge in [0.15, 0.2) is 0 Å². The highest BCUT2D eigenvalue weighted by Crippen LogP contribution is 2.38. The Hall–Kier alpha value is -1.69. The molecule has 1 saturated carbocycles. The van der Waals surface area contributed by atoms with Crippen molar-refractivity contribution >= 4 is 11.6 Å². The molecule has 0 aliphatic heterocycles. The molecular weight excluding hydrogens is 266 g/mol. The Morgan fingerprint density at radius 2 is 2.10 bits per heavy atom. The number of nitrogens with two attached hydrogens (primary N) is 1. The highest BCUT2D eigenvalue weighted by molar-refractivity contribution is 5.95. The fourth-order valence-corrected chi connectivity index (χ4v) is 2.59. The number of amides is 1. The molecule has 0 atom stereocenters. The Labute approximate surface area is 116 Å². The molecule has 0 bridgehead atoms. The fraction of sp³-hybridized carbons (Fsp3) is 0.500. The van der Waals surface area contributed by atoms with E-state index in [1.165, 1.54) is 12.1 Å². The van der Waals surface area contributed by atoms with Crippen molar-refractivity contribution in [1.29, 1.82) is 0 Å². The van der Waals surface area contributed by atoms with E-state index in [4.69, 9.17) is 5.73 Å². The van der Waals surface area contributed by atoms with E-state index in [-0.39, 0.29) is 11.7 Å². The van der Waals surface area contributed by atoms with Crippen LogP contribution in [0.2, 0.25) is 0 Å². The van der Waals surface area contributed by atoms with Crippen LogP contribution in [0.4, 0.5) is 14.5 Å². The van der Waals surface area contributed by atoms with Gasteiger partial charge < -0.3 is 15.8 Å². The molecule has 20 heavy (non-hydrogen) atoms. The lowest BCUT2D eigenvalue weighted by molar-refractivity contribution is -0.124. The van der Waals surface area contributed by atoms with Crippen LogP contribution in [-0.2, 0) is 4.79 Å². The largest absolute Gasteiger partial charge is 0.435 e. The number of alkyl halides is 2. The zero-order valence-corrected chi connectivity index (χ0v) is 11.1. The predicted molar refractivity (Wildman–Crippen MR) is 71.7 cm³/mol. The zero-order chi connectivity index (χ0) is 14.6. The van der Waals surface area contributed by atoms with Gasteiger partial charge in [0, 0.05) is 18.3 Å². The first kappa shape index (κ1) is 14.7. The van der Waals surface area contributed by atoms with E-state index < -0.39 is 12.0 Å². The maximum absolute atomic E-state index is 12.3. The second-order valence-electron chi connectivity index (χ2n) is 5.05. The van der Waals surface area contributed by atoms with E-state index >= 15 is 0 Å². The molecule has 4 nitrogen and oxygen atoms in total. The van der Waals surface area contributed by atoms with E-state index in [1.54, 1.807) is 12.1 Å². The van der Waals surface area contributed by atoms with Crippen LogP contribution in [0.25, 0.3) is 0 Å². The fourth-order valence-electron chi connectivity index (χ4n) is 2.59. The van der Waals surface area contributed by atoms with E-state index in [2.05, 4.69) is 10.1 Å². The molecule has 0 heterocycles. The zero-order valence-electron chi connectivity index (χ0n) is 11.1. The summed E-state index contributed by atoms with van der Waals surface area (Å²) in [6, 6.07) is 5.98. The third-order valence-electron chi connectivity index (χ3n) is 3.75. The molecule has 1 aliphatic rings. The highest BCUT2D eigenvalue weighted by atomic mass is 19.3.